The average Bonchev–Trinajstić information content (AvgIpc) is 3.65. The van der Waals surface area contributed by atoms with E-state index in [2.05, 4.69) is 59.3 Å². The van der Waals surface area contributed by atoms with E-state index < -0.39 is 38.9 Å². The lowest BCUT2D eigenvalue weighted by Crippen LogP contribution is -2.47. The lowest BCUT2D eigenvalue weighted by atomic mass is 9.78. The molecule has 1 aromatic heterocycles. The van der Waals surface area contributed by atoms with Gasteiger partial charge in [0.05, 0.1) is 18.0 Å². The van der Waals surface area contributed by atoms with Gasteiger partial charge in [0, 0.05) is 21.6 Å². The number of hydrogen-bond acceptors (Lipinski definition) is 9. The van der Waals surface area contributed by atoms with E-state index in [-0.39, 0.29) is 12.1 Å². The van der Waals surface area contributed by atoms with Crippen LogP contribution >= 0.6 is 11.3 Å². The fourth-order valence-corrected chi connectivity index (χ4v) is 8.80. The Labute approximate surface area is 300 Å². The molecular weight excluding hydrogens is 687 g/mol. The Morgan fingerprint density at radius 2 is 1.69 bits per heavy atom. The fourth-order valence-electron chi connectivity index (χ4n) is 6.53. The van der Waals surface area contributed by atoms with Gasteiger partial charge < -0.3 is 16.2 Å². The second-order valence-electron chi connectivity index (χ2n) is 12.4. The van der Waals surface area contributed by atoms with Gasteiger partial charge in [0.1, 0.15) is 0 Å². The summed E-state index contributed by atoms with van der Waals surface area (Å²) in [7, 11) is -2.15. The highest BCUT2D eigenvalue weighted by Crippen LogP contribution is 2.42. The Morgan fingerprint density at radius 1 is 0.922 bits per heavy atom. The predicted octanol–water partition coefficient (Wildman–Crippen LogP) is 5.62. The summed E-state index contributed by atoms with van der Waals surface area (Å²) in [6.45, 7) is 0. The summed E-state index contributed by atoms with van der Waals surface area (Å²) >= 11 is 1.68. The minimum atomic E-state index is -3.29. The third-order valence-corrected chi connectivity index (χ3v) is 12.1. The number of rotatable bonds is 7. The number of sulfone groups is 1. The number of benzene rings is 3. The third kappa shape index (κ3) is 7.64. The number of nitrogens with zero attached hydrogens (tertiary/aromatic N) is 1. The van der Waals surface area contributed by atoms with Gasteiger partial charge in [-0.2, -0.15) is 5.06 Å². The van der Waals surface area contributed by atoms with Crippen molar-refractivity contribution in [3.8, 4) is 21.6 Å². The first-order valence-corrected chi connectivity index (χ1v) is 18.8. The molecule has 1 aliphatic heterocycles. The topological polar surface area (TPSA) is 170 Å². The molecule has 2 heterocycles. The van der Waals surface area contributed by atoms with Crippen molar-refractivity contribution in [2.75, 3.05) is 12.2 Å². The van der Waals surface area contributed by atoms with E-state index >= 15 is 0 Å². The molecule has 2 atom stereocenters. The maximum Gasteiger partial charge on any atom is 0.332 e. The Morgan fingerprint density at radius 3 is 2.45 bits per heavy atom. The van der Waals surface area contributed by atoms with Gasteiger partial charge >= 0.3 is 5.97 Å². The second-order valence-corrected chi connectivity index (χ2v) is 15.5. The van der Waals surface area contributed by atoms with Gasteiger partial charge in [0.2, 0.25) is 5.91 Å². The number of primary amides is 1. The first-order valence-electron chi connectivity index (χ1n) is 16.3. The summed E-state index contributed by atoms with van der Waals surface area (Å²) in [5.41, 5.74) is 21.4. The van der Waals surface area contributed by atoms with Gasteiger partial charge in [-0.15, -0.1) is 11.3 Å². The normalized spacial score (nSPS) is 17.0. The number of anilines is 1. The number of carbonyl (C=O) groups excluding carboxylic acids is 3. The quantitative estimate of drug-likeness (QED) is 0.0955. The van der Waals surface area contributed by atoms with Crippen LogP contribution in [-0.2, 0) is 48.2 Å². The molecular formula is C39H37N3O7S2. The van der Waals surface area contributed by atoms with Crippen LogP contribution in [-0.4, -0.2) is 49.8 Å². The van der Waals surface area contributed by atoms with Crippen LogP contribution in [0.3, 0.4) is 0 Å². The molecule has 3 aliphatic rings. The van der Waals surface area contributed by atoms with Crippen LogP contribution in [0.4, 0.5) is 5.69 Å². The summed E-state index contributed by atoms with van der Waals surface area (Å²) < 4.78 is 26.9. The van der Waals surface area contributed by atoms with Gasteiger partial charge in [0.15, 0.2) is 15.9 Å². The monoisotopic (exact) mass is 723 g/mol. The summed E-state index contributed by atoms with van der Waals surface area (Å²) in [5, 5.41) is 11.1. The molecule has 5 N–H and O–H groups in total. The van der Waals surface area contributed by atoms with E-state index in [0.29, 0.717) is 5.06 Å². The summed E-state index contributed by atoms with van der Waals surface area (Å²) in [4.78, 5) is 36.7. The van der Waals surface area contributed by atoms with Crippen molar-refractivity contribution < 1.29 is 32.7 Å². The SMILES string of the molecule is COC(=O)C(N)C(=O)N(O)c1cccc(-c2ccc(C3=Cc4ccc5c(c4CC3)CCc3ccccc3-5)s2)c1.NC(=O)CC1C=CC=CS1(=O)=O. The van der Waals surface area contributed by atoms with Gasteiger partial charge in [-0.3, -0.25) is 14.8 Å². The van der Waals surface area contributed by atoms with Crippen LogP contribution in [0.25, 0.3) is 33.2 Å². The molecule has 0 bridgehead atoms. The van der Waals surface area contributed by atoms with Gasteiger partial charge in [-0.1, -0.05) is 72.8 Å². The Kier molecular flexibility index (Phi) is 10.5. The molecule has 10 nitrogen and oxygen atoms in total. The zero-order valence-corrected chi connectivity index (χ0v) is 29.5. The van der Waals surface area contributed by atoms with Crippen LogP contribution in [0.5, 0.6) is 0 Å². The lowest BCUT2D eigenvalue weighted by molar-refractivity contribution is -0.146. The Balaban J connectivity index is 0.000000318. The molecule has 0 radical (unpaired) electrons. The number of amides is 2. The van der Waals surface area contributed by atoms with E-state index in [9.17, 15) is 28.0 Å². The van der Waals surface area contributed by atoms with E-state index in [0.717, 1.165) is 48.6 Å². The summed E-state index contributed by atoms with van der Waals surface area (Å²) in [5.74, 6) is -2.48. The number of methoxy groups -OCH3 is 1. The molecule has 2 aliphatic carbocycles. The van der Waals surface area contributed by atoms with Gasteiger partial charge in [0.25, 0.3) is 5.91 Å². The summed E-state index contributed by atoms with van der Waals surface area (Å²) in [6.07, 6.45) is 10.8. The van der Waals surface area contributed by atoms with Crippen molar-refractivity contribution >= 4 is 56.3 Å². The predicted molar refractivity (Wildman–Crippen MR) is 199 cm³/mol. The minimum Gasteiger partial charge on any atom is -0.467 e. The highest BCUT2D eigenvalue weighted by atomic mass is 32.2. The molecule has 3 aromatic carbocycles. The number of carbonyl (C=O) groups is 3. The fraction of sp³-hybridized carbons (Fsp3) is 0.205. The molecule has 2 amide bonds. The Bertz CT molecular complexity index is 2220. The number of thiophene rings is 1. The standard InChI is InChI=1S/C32H28N2O4S.C7H9NO3S/c1-38-32(36)30(33)31(35)34(37)23-7-4-6-21(18-23)28-15-16-29(39-28)22-11-12-25-20(17-22)10-14-26-24-8-3-2-5-19(24)9-13-27(25)26;8-7(9)5-6-3-1-2-4-12(6,10)11/h2-8,10,14-18,30,37H,9,11-13,33H2,1H3;1-4,6H,5H2,(H2,8,9). The maximum atomic E-state index is 12.4. The zero-order valence-electron chi connectivity index (χ0n) is 27.8. The van der Waals surface area contributed by atoms with Crippen molar-refractivity contribution in [1.29, 1.82) is 0 Å². The maximum absolute atomic E-state index is 12.4. The number of hydrogen-bond donors (Lipinski definition) is 3. The molecule has 7 rings (SSSR count). The number of esters is 1. The van der Waals surface area contributed by atoms with Gasteiger partial charge in [-0.05, 0) is 94.5 Å². The number of aryl methyl sites for hydroxylation is 1. The summed E-state index contributed by atoms with van der Waals surface area (Å²) in [6, 6.07) is 22.8. The zero-order chi connectivity index (χ0) is 36.3. The van der Waals surface area contributed by atoms with E-state index in [1.54, 1.807) is 35.6 Å². The molecule has 4 aromatic rings. The van der Waals surface area contributed by atoms with Crippen molar-refractivity contribution in [2.24, 2.45) is 11.5 Å². The highest BCUT2D eigenvalue weighted by Gasteiger charge is 2.29. The molecule has 51 heavy (non-hydrogen) atoms. The molecule has 0 saturated heterocycles. The van der Waals surface area contributed by atoms with Crippen LogP contribution < -0.4 is 16.5 Å². The van der Waals surface area contributed by atoms with Crippen LogP contribution in [0.2, 0.25) is 0 Å². The van der Waals surface area contributed by atoms with Crippen LogP contribution in [0.1, 0.15) is 40.0 Å². The number of ether oxygens (including phenoxy) is 1. The number of hydroxylamine groups is 1. The van der Waals surface area contributed by atoms with E-state index in [1.165, 1.54) is 56.0 Å². The van der Waals surface area contributed by atoms with E-state index in [1.807, 2.05) is 6.07 Å². The molecule has 262 valence electrons. The van der Waals surface area contributed by atoms with Crippen molar-refractivity contribution in [3.05, 3.63) is 124 Å². The lowest BCUT2D eigenvalue weighted by Gasteiger charge is -2.26. The number of fused-ring (bicyclic) bond motifs is 5. The first kappa shape index (κ1) is 35.7. The van der Waals surface area contributed by atoms with Gasteiger partial charge in [-0.25, -0.2) is 13.2 Å². The molecule has 0 saturated carbocycles. The second kappa shape index (κ2) is 15.0. The highest BCUT2D eigenvalue weighted by molar-refractivity contribution is 7.95. The number of allylic oxidation sites excluding steroid dienone is 3. The third-order valence-electron chi connectivity index (χ3n) is 9.15. The van der Waals surface area contributed by atoms with Crippen molar-refractivity contribution in [3.63, 3.8) is 0 Å². The largest absolute Gasteiger partial charge is 0.467 e. The average molecular weight is 724 g/mol. The van der Waals surface area contributed by atoms with Crippen molar-refractivity contribution in [1.82, 2.24) is 0 Å². The number of nitrogens with two attached hydrogens (primary N) is 2. The first-order chi connectivity index (χ1) is 24.5. The van der Waals surface area contributed by atoms with Crippen LogP contribution in [0, 0.1) is 0 Å². The minimum absolute atomic E-state index is 0.150. The smallest absolute Gasteiger partial charge is 0.332 e. The molecule has 0 fully saturated rings. The molecule has 2 unspecified atom stereocenters. The van der Waals surface area contributed by atoms with E-state index in [4.69, 9.17) is 11.5 Å². The molecule has 0 spiro atoms. The Hall–Kier alpha value is -5.14. The van der Waals surface area contributed by atoms with Crippen molar-refractivity contribution in [2.45, 2.75) is 43.4 Å². The molecule has 12 heteroatoms. The van der Waals surface area contributed by atoms with Crippen LogP contribution in [0.15, 0.2) is 96.4 Å².